The molecule has 5 heteroatoms. The number of carbonyl (C=O) groups is 1. The van der Waals surface area contributed by atoms with Crippen LogP contribution in [-0.2, 0) is 4.79 Å². The predicted molar refractivity (Wildman–Crippen MR) is 65.1 cm³/mol. The predicted octanol–water partition coefficient (Wildman–Crippen LogP) is 3.32. The van der Waals surface area contributed by atoms with Crippen LogP contribution in [0.4, 0.5) is 13.2 Å². The molecule has 0 aliphatic heterocycles. The van der Waals surface area contributed by atoms with Crippen molar-refractivity contribution in [3.05, 3.63) is 35.9 Å². The number of hydrogen-bond acceptors (Lipinski definition) is 1. The highest BCUT2D eigenvalue weighted by molar-refractivity contribution is 5.81. The number of hydrogen-bond donors (Lipinski definition) is 1. The van der Waals surface area contributed by atoms with Gasteiger partial charge in [-0.3, -0.25) is 4.79 Å². The lowest BCUT2D eigenvalue weighted by atomic mass is 10.2. The first-order valence-corrected chi connectivity index (χ1v) is 5.60. The van der Waals surface area contributed by atoms with Gasteiger partial charge in [-0.05, 0) is 12.8 Å². The SMILES string of the molecule is CC(C)CNC(=O)C(F)(F)F.Cc1ccccc1. The fourth-order valence-electron chi connectivity index (χ4n) is 0.931. The van der Waals surface area contributed by atoms with Gasteiger partial charge in [0.1, 0.15) is 0 Å². The molecule has 0 saturated carbocycles. The molecule has 0 atom stereocenters. The van der Waals surface area contributed by atoms with Crippen molar-refractivity contribution in [1.82, 2.24) is 5.32 Å². The molecule has 1 rings (SSSR count). The van der Waals surface area contributed by atoms with Crippen molar-refractivity contribution in [2.75, 3.05) is 6.54 Å². The summed E-state index contributed by atoms with van der Waals surface area (Å²) in [5.74, 6) is -1.84. The summed E-state index contributed by atoms with van der Waals surface area (Å²) in [6.07, 6.45) is -4.76. The second-order valence-corrected chi connectivity index (χ2v) is 4.26. The molecule has 0 aliphatic rings. The average Bonchev–Trinajstić information content (AvgIpc) is 2.26. The van der Waals surface area contributed by atoms with Crippen molar-refractivity contribution >= 4 is 5.91 Å². The quantitative estimate of drug-likeness (QED) is 0.869. The molecule has 1 amide bonds. The Morgan fingerprint density at radius 1 is 1.22 bits per heavy atom. The lowest BCUT2D eigenvalue weighted by Gasteiger charge is -2.08. The monoisotopic (exact) mass is 261 g/mol. The summed E-state index contributed by atoms with van der Waals surface area (Å²) in [6.45, 7) is 5.58. The van der Waals surface area contributed by atoms with Gasteiger partial charge in [0, 0.05) is 6.54 Å². The van der Waals surface area contributed by atoms with Gasteiger partial charge in [0.05, 0.1) is 0 Å². The Balaban J connectivity index is 0.000000351. The molecule has 0 aliphatic carbocycles. The van der Waals surface area contributed by atoms with Crippen LogP contribution in [0, 0.1) is 12.8 Å². The zero-order valence-corrected chi connectivity index (χ0v) is 10.7. The number of aryl methyl sites for hydroxylation is 1. The molecule has 0 saturated heterocycles. The van der Waals surface area contributed by atoms with E-state index in [0.29, 0.717) is 0 Å². The largest absolute Gasteiger partial charge is 0.471 e. The van der Waals surface area contributed by atoms with Crippen LogP contribution in [0.3, 0.4) is 0 Å². The molecule has 18 heavy (non-hydrogen) atoms. The minimum absolute atomic E-state index is 0.0290. The lowest BCUT2D eigenvalue weighted by molar-refractivity contribution is -0.173. The molecule has 0 heterocycles. The topological polar surface area (TPSA) is 29.1 Å². The van der Waals surface area contributed by atoms with E-state index in [0.717, 1.165) is 0 Å². The Labute approximate surface area is 105 Å². The highest BCUT2D eigenvalue weighted by Crippen LogP contribution is 2.13. The number of carbonyl (C=O) groups excluding carboxylic acids is 1. The average molecular weight is 261 g/mol. The van der Waals surface area contributed by atoms with E-state index in [4.69, 9.17) is 0 Å². The van der Waals surface area contributed by atoms with Crippen LogP contribution in [0.15, 0.2) is 30.3 Å². The summed E-state index contributed by atoms with van der Waals surface area (Å²) < 4.78 is 34.5. The minimum atomic E-state index is -4.76. The second-order valence-electron chi connectivity index (χ2n) is 4.26. The van der Waals surface area contributed by atoms with Gasteiger partial charge in [0.15, 0.2) is 0 Å². The van der Waals surface area contributed by atoms with E-state index in [1.54, 1.807) is 19.2 Å². The van der Waals surface area contributed by atoms with Crippen molar-refractivity contribution < 1.29 is 18.0 Å². The van der Waals surface area contributed by atoms with Crippen molar-refractivity contribution in [3.63, 3.8) is 0 Å². The Morgan fingerprint density at radius 2 is 1.72 bits per heavy atom. The Morgan fingerprint density at radius 3 is 2.00 bits per heavy atom. The van der Waals surface area contributed by atoms with Gasteiger partial charge in [-0.15, -0.1) is 0 Å². The van der Waals surface area contributed by atoms with Gasteiger partial charge in [0.25, 0.3) is 0 Å². The van der Waals surface area contributed by atoms with Gasteiger partial charge >= 0.3 is 12.1 Å². The molecule has 0 fully saturated rings. The molecule has 2 nitrogen and oxygen atoms in total. The minimum Gasteiger partial charge on any atom is -0.348 e. The highest BCUT2D eigenvalue weighted by atomic mass is 19.4. The standard InChI is InChI=1S/C7H8.C6H10F3NO/c1-7-5-3-2-4-6-7;1-4(2)3-10-5(11)6(7,8)9/h2-6H,1H3;4H,3H2,1-2H3,(H,10,11). The normalized spacial score (nSPS) is 10.6. The van der Waals surface area contributed by atoms with Crippen molar-refractivity contribution in [2.45, 2.75) is 26.9 Å². The molecule has 1 aromatic carbocycles. The van der Waals surface area contributed by atoms with Crippen molar-refractivity contribution in [3.8, 4) is 0 Å². The highest BCUT2D eigenvalue weighted by Gasteiger charge is 2.38. The van der Waals surface area contributed by atoms with E-state index < -0.39 is 12.1 Å². The maximum Gasteiger partial charge on any atom is 0.471 e. The summed E-state index contributed by atoms with van der Waals surface area (Å²) in [5.41, 5.74) is 1.32. The fourth-order valence-corrected chi connectivity index (χ4v) is 0.931. The number of amides is 1. The maximum atomic E-state index is 11.5. The molecule has 0 bridgehead atoms. The molecule has 0 spiro atoms. The summed E-state index contributed by atoms with van der Waals surface area (Å²) >= 11 is 0. The molecular weight excluding hydrogens is 243 g/mol. The molecular formula is C13H18F3NO. The van der Waals surface area contributed by atoms with Gasteiger partial charge in [-0.25, -0.2) is 0 Å². The third-order valence-electron chi connectivity index (χ3n) is 1.87. The van der Waals surface area contributed by atoms with Crippen LogP contribution in [0.1, 0.15) is 19.4 Å². The molecule has 1 N–H and O–H groups in total. The van der Waals surface area contributed by atoms with E-state index in [1.807, 2.05) is 18.2 Å². The van der Waals surface area contributed by atoms with Gasteiger partial charge in [-0.2, -0.15) is 13.2 Å². The first kappa shape index (κ1) is 16.5. The Hall–Kier alpha value is -1.52. The first-order valence-electron chi connectivity index (χ1n) is 5.60. The zero-order valence-electron chi connectivity index (χ0n) is 10.7. The summed E-state index contributed by atoms with van der Waals surface area (Å²) in [5, 5.41) is 1.76. The van der Waals surface area contributed by atoms with E-state index in [-0.39, 0.29) is 12.5 Å². The first-order chi connectivity index (χ1) is 8.23. The number of rotatable bonds is 2. The zero-order chi connectivity index (χ0) is 14.2. The summed E-state index contributed by atoms with van der Waals surface area (Å²) in [4.78, 5) is 10.1. The van der Waals surface area contributed by atoms with Crippen LogP contribution in [0.25, 0.3) is 0 Å². The van der Waals surface area contributed by atoms with Crippen molar-refractivity contribution in [2.24, 2.45) is 5.92 Å². The summed E-state index contributed by atoms with van der Waals surface area (Å²) in [6, 6.07) is 10.3. The molecule has 0 radical (unpaired) electrons. The van der Waals surface area contributed by atoms with E-state index in [1.165, 1.54) is 5.56 Å². The number of halogens is 3. The van der Waals surface area contributed by atoms with Crippen LogP contribution < -0.4 is 5.32 Å². The lowest BCUT2D eigenvalue weighted by Crippen LogP contribution is -2.38. The van der Waals surface area contributed by atoms with Crippen LogP contribution in [-0.4, -0.2) is 18.6 Å². The third-order valence-corrected chi connectivity index (χ3v) is 1.87. The van der Waals surface area contributed by atoms with Gasteiger partial charge < -0.3 is 5.32 Å². The molecule has 102 valence electrons. The third kappa shape index (κ3) is 8.61. The smallest absolute Gasteiger partial charge is 0.348 e. The van der Waals surface area contributed by atoms with Crippen LogP contribution in [0.2, 0.25) is 0 Å². The van der Waals surface area contributed by atoms with Gasteiger partial charge in [-0.1, -0.05) is 49.7 Å². The molecule has 0 unspecified atom stereocenters. The molecule has 0 aromatic heterocycles. The van der Waals surface area contributed by atoms with E-state index >= 15 is 0 Å². The van der Waals surface area contributed by atoms with Crippen LogP contribution >= 0.6 is 0 Å². The van der Waals surface area contributed by atoms with E-state index in [9.17, 15) is 18.0 Å². The second kappa shape index (κ2) is 7.74. The molecule has 1 aromatic rings. The maximum absolute atomic E-state index is 11.5. The number of benzene rings is 1. The number of alkyl halides is 3. The Kier molecular flexibility index (Phi) is 7.08. The van der Waals surface area contributed by atoms with Gasteiger partial charge in [0.2, 0.25) is 0 Å². The number of nitrogens with one attached hydrogen (secondary N) is 1. The van der Waals surface area contributed by atoms with Crippen molar-refractivity contribution in [1.29, 1.82) is 0 Å². The summed E-state index contributed by atoms with van der Waals surface area (Å²) in [7, 11) is 0. The fraction of sp³-hybridized carbons (Fsp3) is 0.462. The van der Waals surface area contributed by atoms with E-state index in [2.05, 4.69) is 19.1 Å². The van der Waals surface area contributed by atoms with Crippen LogP contribution in [0.5, 0.6) is 0 Å². The Bertz CT molecular complexity index is 347.